The maximum Gasteiger partial charge on any atom is 0.0897 e. The van der Waals surface area contributed by atoms with Gasteiger partial charge in [-0.2, -0.15) is 0 Å². The molecule has 0 aromatic heterocycles. The lowest BCUT2D eigenvalue weighted by atomic mass is 9.70. The molecule has 2 fully saturated rings. The monoisotopic (exact) mass is 299 g/mol. The van der Waals surface area contributed by atoms with Crippen molar-refractivity contribution in [2.45, 2.75) is 71.6 Å². The van der Waals surface area contributed by atoms with E-state index in [2.05, 4.69) is 26.1 Å². The zero-order valence-electron chi connectivity index (χ0n) is 14.1. The first-order valence-electron chi connectivity index (χ1n) is 8.49. The molecule has 0 amide bonds. The Morgan fingerprint density at radius 3 is 2.52 bits per heavy atom. The summed E-state index contributed by atoms with van der Waals surface area (Å²) >= 11 is 0. The van der Waals surface area contributed by atoms with Crippen molar-refractivity contribution in [1.82, 2.24) is 5.32 Å². The first-order chi connectivity index (χ1) is 9.85. The van der Waals surface area contributed by atoms with Crippen LogP contribution in [0.3, 0.4) is 0 Å². The molecular weight excluding hydrogens is 266 g/mol. The van der Waals surface area contributed by atoms with Crippen LogP contribution in [0, 0.1) is 16.7 Å². The molecule has 0 aliphatic heterocycles. The van der Waals surface area contributed by atoms with Crippen LogP contribution in [0.4, 0.5) is 0 Å². The number of ether oxygens (including phenoxy) is 1. The van der Waals surface area contributed by atoms with E-state index < -0.39 is 6.10 Å². The summed E-state index contributed by atoms with van der Waals surface area (Å²) in [4.78, 5) is 0. The second-order valence-electron chi connectivity index (χ2n) is 7.78. The molecule has 5 unspecified atom stereocenters. The summed E-state index contributed by atoms with van der Waals surface area (Å²) in [5.74, 6) is 0.765. The molecule has 0 radical (unpaired) electrons. The molecule has 4 heteroatoms. The van der Waals surface area contributed by atoms with Crippen molar-refractivity contribution < 1.29 is 14.9 Å². The van der Waals surface area contributed by atoms with E-state index in [1.807, 2.05) is 6.92 Å². The smallest absolute Gasteiger partial charge is 0.0897 e. The molecule has 2 rings (SSSR count). The Balaban J connectivity index is 1.77. The molecule has 2 saturated carbocycles. The quantitative estimate of drug-likeness (QED) is 0.641. The van der Waals surface area contributed by atoms with Crippen LogP contribution in [0.15, 0.2) is 0 Å². The van der Waals surface area contributed by atoms with Crippen molar-refractivity contribution in [3.63, 3.8) is 0 Å². The van der Waals surface area contributed by atoms with Crippen molar-refractivity contribution in [3.8, 4) is 0 Å². The third-order valence-electron chi connectivity index (χ3n) is 6.56. The van der Waals surface area contributed by atoms with Crippen LogP contribution in [0.25, 0.3) is 0 Å². The molecular formula is C17H33NO3. The van der Waals surface area contributed by atoms with Gasteiger partial charge in [-0.1, -0.05) is 27.7 Å². The van der Waals surface area contributed by atoms with Crippen LogP contribution >= 0.6 is 0 Å². The van der Waals surface area contributed by atoms with Gasteiger partial charge in [0.1, 0.15) is 0 Å². The molecule has 124 valence electrons. The summed E-state index contributed by atoms with van der Waals surface area (Å²) in [6, 6.07) is 0.0681. The van der Waals surface area contributed by atoms with E-state index in [4.69, 9.17) is 9.84 Å². The van der Waals surface area contributed by atoms with Gasteiger partial charge in [-0.25, -0.2) is 0 Å². The second kappa shape index (κ2) is 6.53. The molecule has 21 heavy (non-hydrogen) atoms. The minimum absolute atomic E-state index is 0.0681. The lowest BCUT2D eigenvalue weighted by Crippen LogP contribution is -2.42. The molecule has 0 saturated heterocycles. The van der Waals surface area contributed by atoms with Gasteiger partial charge in [0, 0.05) is 12.6 Å². The number of hydrogen-bond acceptors (Lipinski definition) is 4. The number of fused-ring (bicyclic) bond motifs is 2. The van der Waals surface area contributed by atoms with Crippen LogP contribution in [0.2, 0.25) is 0 Å². The Labute approximate surface area is 129 Å². The summed E-state index contributed by atoms with van der Waals surface area (Å²) in [7, 11) is 0. The third kappa shape index (κ3) is 3.14. The molecule has 4 nitrogen and oxygen atoms in total. The molecule has 2 aliphatic carbocycles. The molecule has 5 atom stereocenters. The average molecular weight is 299 g/mol. The highest BCUT2D eigenvalue weighted by Gasteiger charge is 2.61. The van der Waals surface area contributed by atoms with E-state index in [0.717, 1.165) is 18.8 Å². The van der Waals surface area contributed by atoms with Gasteiger partial charge in [-0.05, 0) is 42.4 Å². The highest BCUT2D eigenvalue weighted by atomic mass is 16.5. The van der Waals surface area contributed by atoms with Gasteiger partial charge in [0.05, 0.1) is 25.4 Å². The van der Waals surface area contributed by atoms with Crippen LogP contribution in [0.1, 0.15) is 53.4 Å². The Hall–Kier alpha value is -0.160. The SMILES string of the molecule is CCC(CO)NCC(O)COC1CC2CCC1(C)C2(C)C. The van der Waals surface area contributed by atoms with Gasteiger partial charge < -0.3 is 20.3 Å². The summed E-state index contributed by atoms with van der Waals surface area (Å²) in [6.07, 6.45) is 4.34. The Morgan fingerprint density at radius 2 is 2.05 bits per heavy atom. The molecule has 3 N–H and O–H groups in total. The van der Waals surface area contributed by atoms with Crippen LogP contribution < -0.4 is 5.32 Å². The molecule has 0 aromatic carbocycles. The summed E-state index contributed by atoms with van der Waals surface area (Å²) < 4.78 is 6.08. The minimum Gasteiger partial charge on any atom is -0.395 e. The Kier molecular flexibility index (Phi) is 5.35. The van der Waals surface area contributed by atoms with Gasteiger partial charge in [-0.15, -0.1) is 0 Å². The fraction of sp³-hybridized carbons (Fsp3) is 1.00. The topological polar surface area (TPSA) is 61.7 Å². The number of aliphatic hydroxyl groups is 2. The first kappa shape index (κ1) is 17.2. The molecule has 2 aliphatic rings. The van der Waals surface area contributed by atoms with Gasteiger partial charge in [-0.3, -0.25) is 0 Å². The van der Waals surface area contributed by atoms with Crippen LogP contribution in [0.5, 0.6) is 0 Å². The highest BCUT2D eigenvalue weighted by Crippen LogP contribution is 2.66. The maximum absolute atomic E-state index is 10.1. The molecule has 0 heterocycles. The van der Waals surface area contributed by atoms with E-state index in [1.54, 1.807) is 0 Å². The average Bonchev–Trinajstić information content (AvgIpc) is 2.79. The summed E-state index contributed by atoms with van der Waals surface area (Å²) in [6.45, 7) is 10.1. The molecule has 0 aromatic rings. The van der Waals surface area contributed by atoms with Crippen LogP contribution in [-0.2, 0) is 4.74 Å². The van der Waals surface area contributed by atoms with Gasteiger partial charge >= 0.3 is 0 Å². The van der Waals surface area contributed by atoms with E-state index in [0.29, 0.717) is 18.6 Å². The summed E-state index contributed by atoms with van der Waals surface area (Å²) in [5, 5.41) is 22.4. The van der Waals surface area contributed by atoms with E-state index in [1.165, 1.54) is 12.8 Å². The molecule has 2 bridgehead atoms. The zero-order chi connectivity index (χ0) is 15.7. The predicted octanol–water partition coefficient (Wildman–Crippen LogP) is 1.94. The van der Waals surface area contributed by atoms with Crippen molar-refractivity contribution in [1.29, 1.82) is 0 Å². The largest absolute Gasteiger partial charge is 0.395 e. The van der Waals surface area contributed by atoms with Gasteiger partial charge in [0.2, 0.25) is 0 Å². The van der Waals surface area contributed by atoms with E-state index in [9.17, 15) is 5.11 Å². The van der Waals surface area contributed by atoms with Gasteiger partial charge in [0.15, 0.2) is 0 Å². The van der Waals surface area contributed by atoms with Crippen molar-refractivity contribution in [2.75, 3.05) is 19.8 Å². The minimum atomic E-state index is -0.503. The normalized spacial score (nSPS) is 36.9. The number of aliphatic hydroxyl groups excluding tert-OH is 2. The lowest BCUT2D eigenvalue weighted by molar-refractivity contribution is -0.0746. The third-order valence-corrected chi connectivity index (χ3v) is 6.56. The summed E-state index contributed by atoms with van der Waals surface area (Å²) in [5.41, 5.74) is 0.604. The second-order valence-corrected chi connectivity index (χ2v) is 7.78. The Bertz CT molecular complexity index is 343. The van der Waals surface area contributed by atoms with Crippen molar-refractivity contribution in [3.05, 3.63) is 0 Å². The highest BCUT2D eigenvalue weighted by molar-refractivity contribution is 5.11. The first-order valence-corrected chi connectivity index (χ1v) is 8.49. The zero-order valence-corrected chi connectivity index (χ0v) is 14.1. The number of nitrogens with one attached hydrogen (secondary N) is 1. The molecule has 0 spiro atoms. The lowest BCUT2D eigenvalue weighted by Gasteiger charge is -2.39. The van der Waals surface area contributed by atoms with Crippen LogP contribution in [-0.4, -0.2) is 48.2 Å². The number of rotatable bonds is 8. The standard InChI is InChI=1S/C17H33NO3/c1-5-13(10-19)18-9-14(20)11-21-15-8-12-6-7-17(15,4)16(12,2)3/h12-15,18-20H,5-11H2,1-4H3. The van der Waals surface area contributed by atoms with E-state index in [-0.39, 0.29) is 24.2 Å². The van der Waals surface area contributed by atoms with Crippen molar-refractivity contribution in [2.24, 2.45) is 16.7 Å². The maximum atomic E-state index is 10.1. The Morgan fingerprint density at radius 1 is 1.33 bits per heavy atom. The fourth-order valence-electron chi connectivity index (χ4n) is 4.31. The predicted molar refractivity (Wildman–Crippen MR) is 84.1 cm³/mol. The van der Waals surface area contributed by atoms with E-state index >= 15 is 0 Å². The fourth-order valence-corrected chi connectivity index (χ4v) is 4.31. The van der Waals surface area contributed by atoms with Crippen molar-refractivity contribution >= 4 is 0 Å². The van der Waals surface area contributed by atoms with Gasteiger partial charge in [0.25, 0.3) is 0 Å². The number of hydrogen-bond donors (Lipinski definition) is 3.